The second kappa shape index (κ2) is 10.7. The van der Waals surface area contributed by atoms with Gasteiger partial charge in [0.05, 0.1) is 11.7 Å². The van der Waals surface area contributed by atoms with Crippen molar-refractivity contribution in [2.24, 2.45) is 5.92 Å². The van der Waals surface area contributed by atoms with Crippen LogP contribution >= 0.6 is 0 Å². The molecule has 0 radical (unpaired) electrons. The molecule has 0 spiro atoms. The Kier molecular flexibility index (Phi) is 8.06. The number of aliphatic hydroxyl groups is 1. The summed E-state index contributed by atoms with van der Waals surface area (Å²) in [7, 11) is 0. The SMILES string of the molecule is O=Cc1c(OOS(=O)O)cccc1C(O)C1CCN(CCc2ccc(F)cc2)CC1. The Morgan fingerprint density at radius 3 is 2.53 bits per heavy atom. The summed E-state index contributed by atoms with van der Waals surface area (Å²) < 4.78 is 36.5. The predicted octanol–water partition coefficient (Wildman–Crippen LogP) is 3.07. The molecule has 3 rings (SSSR count). The van der Waals surface area contributed by atoms with Crippen LogP contribution in [0.15, 0.2) is 42.5 Å². The van der Waals surface area contributed by atoms with Gasteiger partial charge < -0.3 is 14.9 Å². The molecular formula is C21H24FNO6S. The van der Waals surface area contributed by atoms with Gasteiger partial charge >= 0.3 is 11.4 Å². The van der Waals surface area contributed by atoms with Gasteiger partial charge in [0.1, 0.15) is 5.82 Å². The Hall–Kier alpha value is -2.17. The number of piperidine rings is 1. The highest BCUT2D eigenvalue weighted by Crippen LogP contribution is 2.35. The van der Waals surface area contributed by atoms with Crippen molar-refractivity contribution >= 4 is 17.6 Å². The second-order valence-electron chi connectivity index (χ2n) is 7.25. The van der Waals surface area contributed by atoms with Gasteiger partial charge in [-0.05, 0) is 67.6 Å². The number of nitrogens with zero attached hydrogens (tertiary/aromatic N) is 1. The van der Waals surface area contributed by atoms with Crippen LogP contribution in [0.3, 0.4) is 0 Å². The number of carbonyl (C=O) groups excluding carboxylic acids is 1. The van der Waals surface area contributed by atoms with Crippen LogP contribution in [0.4, 0.5) is 4.39 Å². The van der Waals surface area contributed by atoms with Gasteiger partial charge in [0.2, 0.25) is 0 Å². The molecule has 162 valence electrons. The smallest absolute Gasteiger partial charge is 0.340 e. The van der Waals surface area contributed by atoms with Crippen molar-refractivity contribution in [3.05, 3.63) is 65.0 Å². The molecule has 0 amide bonds. The van der Waals surface area contributed by atoms with Gasteiger partial charge in [-0.25, -0.2) is 4.39 Å². The molecule has 0 saturated carbocycles. The van der Waals surface area contributed by atoms with Crippen molar-refractivity contribution in [2.75, 3.05) is 19.6 Å². The third kappa shape index (κ3) is 5.93. The molecule has 2 aromatic rings. The van der Waals surface area contributed by atoms with E-state index in [9.17, 15) is 18.5 Å². The summed E-state index contributed by atoms with van der Waals surface area (Å²) in [6.07, 6.45) is 2.01. The summed E-state index contributed by atoms with van der Waals surface area (Å²) in [6.45, 7) is 2.47. The van der Waals surface area contributed by atoms with Gasteiger partial charge in [0.25, 0.3) is 0 Å². The topological polar surface area (TPSA) is 96.3 Å². The van der Waals surface area contributed by atoms with E-state index in [2.05, 4.69) is 9.23 Å². The van der Waals surface area contributed by atoms with E-state index in [0.717, 1.165) is 44.5 Å². The highest BCUT2D eigenvalue weighted by Gasteiger charge is 2.28. The molecule has 0 aromatic heterocycles. The normalized spacial score (nSPS) is 17.4. The minimum absolute atomic E-state index is 0.0271. The summed E-state index contributed by atoms with van der Waals surface area (Å²) >= 11 is -2.64. The minimum atomic E-state index is -2.64. The zero-order valence-electron chi connectivity index (χ0n) is 16.3. The molecule has 1 aliphatic rings. The second-order valence-corrected chi connectivity index (χ2v) is 7.82. The van der Waals surface area contributed by atoms with Crippen LogP contribution < -0.4 is 4.89 Å². The number of likely N-dealkylation sites (tertiary alicyclic amines) is 1. The van der Waals surface area contributed by atoms with E-state index in [1.54, 1.807) is 24.3 Å². The predicted molar refractivity (Wildman–Crippen MR) is 109 cm³/mol. The van der Waals surface area contributed by atoms with Crippen LogP contribution in [0.5, 0.6) is 5.75 Å². The first-order valence-corrected chi connectivity index (χ1v) is 10.7. The first kappa shape index (κ1) is 22.5. The third-order valence-electron chi connectivity index (χ3n) is 5.43. The molecule has 7 nitrogen and oxygen atoms in total. The van der Waals surface area contributed by atoms with Crippen molar-refractivity contribution < 1.29 is 32.3 Å². The zero-order chi connectivity index (χ0) is 21.5. The van der Waals surface area contributed by atoms with Crippen molar-refractivity contribution in [1.82, 2.24) is 4.90 Å². The Morgan fingerprint density at radius 2 is 1.90 bits per heavy atom. The average molecular weight is 437 g/mol. The van der Waals surface area contributed by atoms with Crippen LogP contribution in [0, 0.1) is 11.7 Å². The lowest BCUT2D eigenvalue weighted by Gasteiger charge is -2.34. The molecular weight excluding hydrogens is 413 g/mol. The summed E-state index contributed by atoms with van der Waals surface area (Å²) in [4.78, 5) is 18.6. The maximum absolute atomic E-state index is 13.0. The van der Waals surface area contributed by atoms with Gasteiger partial charge in [-0.1, -0.05) is 28.6 Å². The molecule has 1 aliphatic heterocycles. The lowest BCUT2D eigenvalue weighted by Crippen LogP contribution is -2.37. The molecule has 9 heteroatoms. The molecule has 0 aliphatic carbocycles. The maximum atomic E-state index is 13.0. The lowest BCUT2D eigenvalue weighted by molar-refractivity contribution is -0.0943. The van der Waals surface area contributed by atoms with Gasteiger partial charge in [0, 0.05) is 6.54 Å². The number of benzene rings is 2. The van der Waals surface area contributed by atoms with E-state index >= 15 is 0 Å². The average Bonchev–Trinajstić information content (AvgIpc) is 2.76. The summed E-state index contributed by atoms with van der Waals surface area (Å²) in [5.41, 5.74) is 1.57. The molecule has 1 fully saturated rings. The standard InChI is InChI=1S/C21H24FNO6S/c22-17-6-4-15(5-7-17)8-11-23-12-9-16(10-13-23)21(25)18-2-1-3-20(19(18)14-24)28-29-30(26)27/h1-7,14,16,21,25H,8-13H2,(H,26,27). The number of aliphatic hydroxyl groups excluding tert-OH is 1. The van der Waals surface area contributed by atoms with E-state index in [1.807, 2.05) is 0 Å². The summed E-state index contributed by atoms with van der Waals surface area (Å²) in [5.74, 6) is -0.302. The molecule has 2 aromatic carbocycles. The Labute approximate surface area is 176 Å². The highest BCUT2D eigenvalue weighted by molar-refractivity contribution is 7.74. The molecule has 0 bridgehead atoms. The summed E-state index contributed by atoms with van der Waals surface area (Å²) in [6, 6.07) is 11.1. The first-order valence-electron chi connectivity index (χ1n) is 9.66. The Bertz CT molecular complexity index is 870. The number of hydrogen-bond donors (Lipinski definition) is 2. The van der Waals surface area contributed by atoms with Gasteiger partial charge in [-0.3, -0.25) is 9.35 Å². The van der Waals surface area contributed by atoms with Crippen molar-refractivity contribution in [3.8, 4) is 5.75 Å². The number of halogens is 1. The van der Waals surface area contributed by atoms with Crippen LogP contribution in [-0.2, 0) is 22.1 Å². The fraction of sp³-hybridized carbons (Fsp3) is 0.381. The van der Waals surface area contributed by atoms with Crippen molar-refractivity contribution in [2.45, 2.75) is 25.4 Å². The van der Waals surface area contributed by atoms with E-state index in [-0.39, 0.29) is 23.0 Å². The summed E-state index contributed by atoms with van der Waals surface area (Å²) in [5, 5.41) is 10.9. The van der Waals surface area contributed by atoms with Crippen LogP contribution in [0.2, 0.25) is 0 Å². The van der Waals surface area contributed by atoms with E-state index < -0.39 is 17.5 Å². The van der Waals surface area contributed by atoms with E-state index in [1.165, 1.54) is 18.2 Å². The molecule has 30 heavy (non-hydrogen) atoms. The van der Waals surface area contributed by atoms with E-state index in [4.69, 9.17) is 9.44 Å². The number of hydrogen-bond acceptors (Lipinski definition) is 6. The fourth-order valence-electron chi connectivity index (χ4n) is 3.77. The van der Waals surface area contributed by atoms with Gasteiger partial charge in [-0.2, -0.15) is 4.21 Å². The van der Waals surface area contributed by atoms with Crippen LogP contribution in [-0.4, -0.2) is 44.7 Å². The molecule has 2 unspecified atom stereocenters. The zero-order valence-corrected chi connectivity index (χ0v) is 17.1. The van der Waals surface area contributed by atoms with Crippen molar-refractivity contribution in [1.29, 1.82) is 0 Å². The van der Waals surface area contributed by atoms with Crippen LogP contribution in [0.1, 0.15) is 40.4 Å². The molecule has 1 heterocycles. The first-order chi connectivity index (χ1) is 14.5. The third-order valence-corrected chi connectivity index (χ3v) is 5.61. The van der Waals surface area contributed by atoms with E-state index in [0.29, 0.717) is 11.8 Å². The number of rotatable bonds is 9. The number of aldehydes is 1. The quantitative estimate of drug-likeness (QED) is 0.269. The van der Waals surface area contributed by atoms with Crippen molar-refractivity contribution in [3.63, 3.8) is 0 Å². The fourth-order valence-corrected chi connectivity index (χ4v) is 3.90. The number of carbonyl (C=O) groups is 1. The molecule has 2 atom stereocenters. The van der Waals surface area contributed by atoms with Crippen LogP contribution in [0.25, 0.3) is 0 Å². The van der Waals surface area contributed by atoms with Gasteiger partial charge in [0.15, 0.2) is 12.0 Å². The largest absolute Gasteiger partial charge is 0.388 e. The molecule has 2 N–H and O–H groups in total. The Balaban J connectivity index is 1.57. The maximum Gasteiger partial charge on any atom is 0.340 e. The van der Waals surface area contributed by atoms with Gasteiger partial charge in [-0.15, -0.1) is 0 Å². The Morgan fingerprint density at radius 1 is 1.20 bits per heavy atom. The molecule has 1 saturated heterocycles. The minimum Gasteiger partial charge on any atom is -0.388 e. The highest BCUT2D eigenvalue weighted by atomic mass is 32.2. The monoisotopic (exact) mass is 437 g/mol. The lowest BCUT2D eigenvalue weighted by atomic mass is 9.85.